The highest BCUT2D eigenvalue weighted by molar-refractivity contribution is 7.99. The van der Waals surface area contributed by atoms with Crippen LogP contribution in [-0.2, 0) is 16.1 Å². The van der Waals surface area contributed by atoms with Crippen molar-refractivity contribution in [3.63, 3.8) is 0 Å². The number of hydrogen-bond acceptors (Lipinski definition) is 4. The lowest BCUT2D eigenvalue weighted by Crippen LogP contribution is -2.53. The van der Waals surface area contributed by atoms with Crippen molar-refractivity contribution in [2.24, 2.45) is 5.92 Å². The second kappa shape index (κ2) is 8.43. The maximum absolute atomic E-state index is 12.6. The molecule has 3 nitrogen and oxygen atoms in total. The largest absolute Gasteiger partial charge is 0.598 e. The van der Waals surface area contributed by atoms with Crippen LogP contribution in [0.5, 0.6) is 0 Å². The van der Waals surface area contributed by atoms with E-state index in [4.69, 9.17) is 4.74 Å². The Labute approximate surface area is 143 Å². The molecule has 0 radical (unpaired) electrons. The van der Waals surface area contributed by atoms with Crippen LogP contribution in [-0.4, -0.2) is 32.6 Å². The molecule has 0 unspecified atom stereocenters. The lowest BCUT2D eigenvalue weighted by Gasteiger charge is -2.38. The van der Waals surface area contributed by atoms with Gasteiger partial charge in [-0.3, -0.25) is 0 Å². The average molecular weight is 346 g/mol. The third kappa shape index (κ3) is 5.45. The molecule has 0 spiro atoms. The van der Waals surface area contributed by atoms with Crippen molar-refractivity contribution in [1.29, 1.82) is 0 Å². The number of nitrogens with one attached hydrogen (secondary N) is 1. The Morgan fingerprint density at radius 3 is 2.77 bits per heavy atom. The quantitative estimate of drug-likeness (QED) is 0.606. The van der Waals surface area contributed by atoms with Gasteiger partial charge in [0.2, 0.25) is 0 Å². The van der Waals surface area contributed by atoms with Crippen molar-refractivity contribution in [3.8, 4) is 0 Å². The molecule has 22 heavy (non-hydrogen) atoms. The van der Waals surface area contributed by atoms with E-state index in [9.17, 15) is 4.55 Å². The van der Waals surface area contributed by atoms with Gasteiger partial charge in [0.05, 0.1) is 12.1 Å². The highest BCUT2D eigenvalue weighted by atomic mass is 32.2. The molecule has 0 aliphatic carbocycles. The Hall–Kier alpha value is 0.320. The first-order valence-corrected chi connectivity index (χ1v) is 10.7. The number of allylic oxidation sites excluding steroid dienone is 1. The summed E-state index contributed by atoms with van der Waals surface area (Å²) < 4.78 is 22.1. The van der Waals surface area contributed by atoms with Gasteiger partial charge in [0, 0.05) is 11.4 Å². The maximum atomic E-state index is 12.6. The molecule has 0 aromatic rings. The molecule has 128 valence electrons. The van der Waals surface area contributed by atoms with Crippen molar-refractivity contribution in [1.82, 2.24) is 4.72 Å². The standard InChI is InChI=1S/C17H31NO2S2/c1-13-9-6-5-7-12-21-15-11-8-10-14(20-15)16(13)18-22(19)17(2,3)4/h6,9,13-16,18H,5,7-8,10-12H2,1-4H3/b9-6-/t13-,14-,15-,16-,22-/m1/s1. The minimum absolute atomic E-state index is 0.123. The smallest absolute Gasteiger partial charge is 0.136 e. The van der Waals surface area contributed by atoms with Crippen molar-refractivity contribution in [2.75, 3.05) is 5.75 Å². The summed E-state index contributed by atoms with van der Waals surface area (Å²) in [5.74, 6) is 1.50. The Bertz CT molecular complexity index is 370. The molecule has 5 heteroatoms. The predicted molar refractivity (Wildman–Crippen MR) is 97.3 cm³/mol. The van der Waals surface area contributed by atoms with Crippen LogP contribution in [0.4, 0.5) is 0 Å². The molecule has 0 aromatic heterocycles. The second-order valence-corrected chi connectivity index (χ2v) is 10.6. The number of ether oxygens (including phenoxy) is 1. The average Bonchev–Trinajstić information content (AvgIpc) is 2.48. The third-order valence-corrected chi connectivity index (χ3v) is 7.12. The Morgan fingerprint density at radius 1 is 1.27 bits per heavy atom. The maximum Gasteiger partial charge on any atom is 0.136 e. The van der Waals surface area contributed by atoms with Crippen LogP contribution in [0.2, 0.25) is 0 Å². The summed E-state index contributed by atoms with van der Waals surface area (Å²) in [6.07, 6.45) is 10.5. The van der Waals surface area contributed by atoms with E-state index in [0.29, 0.717) is 11.4 Å². The van der Waals surface area contributed by atoms with E-state index in [1.165, 1.54) is 18.6 Å². The van der Waals surface area contributed by atoms with Gasteiger partial charge in [0.25, 0.3) is 0 Å². The first-order chi connectivity index (χ1) is 10.4. The summed E-state index contributed by atoms with van der Waals surface area (Å²) in [4.78, 5) is 0. The van der Waals surface area contributed by atoms with Crippen molar-refractivity contribution < 1.29 is 9.29 Å². The minimum Gasteiger partial charge on any atom is -0.598 e. The summed E-state index contributed by atoms with van der Waals surface area (Å²) in [5, 5.41) is 0. The van der Waals surface area contributed by atoms with Gasteiger partial charge in [0.1, 0.15) is 10.2 Å². The zero-order valence-corrected chi connectivity index (χ0v) is 16.0. The Balaban J connectivity index is 2.13. The summed E-state index contributed by atoms with van der Waals surface area (Å²) in [7, 11) is 0. The molecule has 2 heterocycles. The van der Waals surface area contributed by atoms with E-state index in [1.54, 1.807) is 0 Å². The predicted octanol–water partition coefficient (Wildman–Crippen LogP) is 4.02. The lowest BCUT2D eigenvalue weighted by atomic mass is 9.92. The molecule has 2 aliphatic heterocycles. The molecule has 0 aromatic carbocycles. The first-order valence-electron chi connectivity index (χ1n) is 8.49. The zero-order chi connectivity index (χ0) is 16.2. The van der Waals surface area contributed by atoms with E-state index >= 15 is 0 Å². The van der Waals surface area contributed by atoms with Crippen LogP contribution in [0.3, 0.4) is 0 Å². The summed E-state index contributed by atoms with van der Waals surface area (Å²) in [6, 6.07) is 0.123. The van der Waals surface area contributed by atoms with Crippen LogP contribution in [0.1, 0.15) is 59.8 Å². The first kappa shape index (κ1) is 18.7. The van der Waals surface area contributed by atoms with Crippen molar-refractivity contribution >= 4 is 23.1 Å². The lowest BCUT2D eigenvalue weighted by molar-refractivity contribution is -0.0273. The summed E-state index contributed by atoms with van der Waals surface area (Å²) in [5.41, 5.74) is 0.316. The fourth-order valence-corrected chi connectivity index (χ4v) is 4.99. The molecule has 5 atom stereocenters. The van der Waals surface area contributed by atoms with Crippen LogP contribution in [0.25, 0.3) is 0 Å². The van der Waals surface area contributed by atoms with Crippen LogP contribution >= 0.6 is 11.8 Å². The van der Waals surface area contributed by atoms with E-state index in [1.807, 2.05) is 32.5 Å². The number of rotatable bonds is 2. The molecular weight excluding hydrogens is 314 g/mol. The van der Waals surface area contributed by atoms with Crippen molar-refractivity contribution in [3.05, 3.63) is 12.2 Å². The van der Waals surface area contributed by atoms with Gasteiger partial charge in [-0.15, -0.1) is 16.5 Å². The van der Waals surface area contributed by atoms with E-state index in [-0.39, 0.29) is 16.9 Å². The van der Waals surface area contributed by atoms with Gasteiger partial charge >= 0.3 is 0 Å². The molecule has 1 N–H and O–H groups in total. The molecule has 1 saturated heterocycles. The number of hydrogen-bond donors (Lipinski definition) is 1. The highest BCUT2D eigenvalue weighted by Gasteiger charge is 2.37. The minimum atomic E-state index is -1.06. The summed E-state index contributed by atoms with van der Waals surface area (Å²) >= 11 is 0.889. The normalized spacial score (nSPS) is 37.1. The highest BCUT2D eigenvalue weighted by Crippen LogP contribution is 2.32. The van der Waals surface area contributed by atoms with Gasteiger partial charge in [-0.25, -0.2) is 0 Å². The fourth-order valence-electron chi connectivity index (χ4n) is 2.87. The van der Waals surface area contributed by atoms with Crippen LogP contribution in [0, 0.1) is 5.92 Å². The molecule has 2 rings (SSSR count). The zero-order valence-electron chi connectivity index (χ0n) is 14.3. The monoisotopic (exact) mass is 345 g/mol. The van der Waals surface area contributed by atoms with Gasteiger partial charge in [-0.1, -0.05) is 19.1 Å². The van der Waals surface area contributed by atoms with Gasteiger partial charge < -0.3 is 9.29 Å². The topological polar surface area (TPSA) is 44.3 Å². The molecule has 0 amide bonds. The summed E-state index contributed by atoms with van der Waals surface area (Å²) in [6.45, 7) is 8.26. The number of thioether (sulfide) groups is 1. The second-order valence-electron chi connectivity index (χ2n) is 7.36. The third-order valence-electron chi connectivity index (χ3n) is 4.28. The molecule has 1 fully saturated rings. The number of fused-ring (bicyclic) bond motifs is 2. The SMILES string of the molecule is C[C@@H]1/C=C\CCCS[C@@H]2CCC[C@@H](O2)[C@@H]1N[S@+]([O-])C(C)(C)C. The van der Waals surface area contributed by atoms with Crippen LogP contribution < -0.4 is 4.72 Å². The molecule has 2 bridgehead atoms. The molecule has 2 aliphatic rings. The van der Waals surface area contributed by atoms with Gasteiger partial charge in [0.15, 0.2) is 0 Å². The molecule has 0 saturated carbocycles. The molecular formula is C17H31NO2S2. The van der Waals surface area contributed by atoms with Gasteiger partial charge in [-0.2, -0.15) is 0 Å². The van der Waals surface area contributed by atoms with E-state index in [2.05, 4.69) is 23.8 Å². The Morgan fingerprint density at radius 2 is 2.05 bits per heavy atom. The van der Waals surface area contributed by atoms with Gasteiger partial charge in [-0.05, 0) is 64.5 Å². The fraction of sp³-hybridized carbons (Fsp3) is 0.882. The van der Waals surface area contributed by atoms with E-state index < -0.39 is 11.4 Å². The van der Waals surface area contributed by atoms with Crippen LogP contribution in [0.15, 0.2) is 12.2 Å². The van der Waals surface area contributed by atoms with Crippen molar-refractivity contribution in [2.45, 2.75) is 82.1 Å². The van der Waals surface area contributed by atoms with E-state index in [0.717, 1.165) is 19.3 Å². The Kier molecular flexibility index (Phi) is 7.15.